The summed E-state index contributed by atoms with van der Waals surface area (Å²) in [5.41, 5.74) is 2.64. The van der Waals surface area contributed by atoms with Gasteiger partial charge in [-0.15, -0.1) is 0 Å². The molecule has 0 saturated carbocycles. The fourth-order valence-electron chi connectivity index (χ4n) is 2.38. The van der Waals surface area contributed by atoms with Gasteiger partial charge in [0.25, 0.3) is 0 Å². The molecule has 1 aromatic heterocycles. The highest BCUT2D eigenvalue weighted by molar-refractivity contribution is 5.70. The zero-order chi connectivity index (χ0) is 13.1. The van der Waals surface area contributed by atoms with Gasteiger partial charge >= 0.3 is 0 Å². The molecule has 2 aromatic rings. The molecule has 1 aliphatic heterocycles. The van der Waals surface area contributed by atoms with Gasteiger partial charge in [0.05, 0.1) is 5.69 Å². The monoisotopic (exact) mass is 255 g/mol. The Kier molecular flexibility index (Phi) is 3.33. The number of hydrogen-bond acceptors (Lipinski definition) is 4. The van der Waals surface area contributed by atoms with E-state index in [1.165, 1.54) is 0 Å². The first-order valence-corrected chi connectivity index (χ1v) is 6.55. The average molecular weight is 255 g/mol. The summed E-state index contributed by atoms with van der Waals surface area (Å²) in [6, 6.07) is 11.5. The smallest absolute Gasteiger partial charge is 0.127 e. The van der Waals surface area contributed by atoms with Crippen molar-refractivity contribution in [1.29, 1.82) is 0 Å². The summed E-state index contributed by atoms with van der Waals surface area (Å²) in [6.45, 7) is 3.93. The minimum Gasteiger partial charge on any atom is -0.507 e. The molecule has 1 aliphatic rings. The lowest BCUT2D eigenvalue weighted by Gasteiger charge is -2.29. The number of hydrogen-bond donors (Lipinski definition) is 2. The molecule has 0 radical (unpaired) electrons. The van der Waals surface area contributed by atoms with Crippen LogP contribution in [0, 0.1) is 0 Å². The van der Waals surface area contributed by atoms with E-state index in [4.69, 9.17) is 0 Å². The number of nitrogens with one attached hydrogen (secondary N) is 1. The van der Waals surface area contributed by atoms with E-state index in [9.17, 15) is 5.11 Å². The van der Waals surface area contributed by atoms with E-state index in [1.807, 2.05) is 30.3 Å². The second-order valence-corrected chi connectivity index (χ2v) is 4.65. The predicted molar refractivity (Wildman–Crippen MR) is 76.4 cm³/mol. The lowest BCUT2D eigenvalue weighted by atomic mass is 10.1. The summed E-state index contributed by atoms with van der Waals surface area (Å²) in [5, 5.41) is 13.5. The fourth-order valence-corrected chi connectivity index (χ4v) is 2.38. The molecule has 3 rings (SSSR count). The Labute approximate surface area is 112 Å². The van der Waals surface area contributed by atoms with E-state index in [0.29, 0.717) is 0 Å². The van der Waals surface area contributed by atoms with Crippen molar-refractivity contribution in [1.82, 2.24) is 10.3 Å². The minimum absolute atomic E-state index is 0.287. The van der Waals surface area contributed by atoms with Crippen LogP contribution in [0.1, 0.15) is 0 Å². The van der Waals surface area contributed by atoms with Gasteiger partial charge in [-0.2, -0.15) is 0 Å². The quantitative estimate of drug-likeness (QED) is 0.860. The maximum absolute atomic E-state index is 10.2. The lowest BCUT2D eigenvalue weighted by molar-refractivity contribution is 0.476. The van der Waals surface area contributed by atoms with Gasteiger partial charge in [-0.05, 0) is 24.3 Å². The average Bonchev–Trinajstić information content (AvgIpc) is 2.49. The molecular formula is C15H17N3O. The van der Waals surface area contributed by atoms with Crippen molar-refractivity contribution >= 4 is 5.69 Å². The molecule has 2 N–H and O–H groups in total. The number of piperazine rings is 1. The first-order chi connectivity index (χ1) is 9.34. The highest BCUT2D eigenvalue weighted by Crippen LogP contribution is 2.31. The molecule has 1 saturated heterocycles. The van der Waals surface area contributed by atoms with Crippen molar-refractivity contribution in [2.45, 2.75) is 0 Å². The van der Waals surface area contributed by atoms with Crippen molar-refractivity contribution in [2.75, 3.05) is 31.1 Å². The van der Waals surface area contributed by atoms with Gasteiger partial charge in [0, 0.05) is 49.7 Å². The molecule has 4 nitrogen and oxygen atoms in total. The molecule has 0 spiro atoms. The molecule has 2 heterocycles. The molecule has 0 aliphatic carbocycles. The summed E-state index contributed by atoms with van der Waals surface area (Å²) < 4.78 is 0. The fraction of sp³-hybridized carbons (Fsp3) is 0.267. The van der Waals surface area contributed by atoms with E-state index < -0.39 is 0 Å². The molecule has 0 unspecified atom stereocenters. The third-order valence-electron chi connectivity index (χ3n) is 3.40. The van der Waals surface area contributed by atoms with Gasteiger partial charge in [-0.25, -0.2) is 0 Å². The van der Waals surface area contributed by atoms with Crippen LogP contribution in [0.2, 0.25) is 0 Å². The Bertz CT molecular complexity index is 551. The molecule has 0 atom stereocenters. The molecule has 19 heavy (non-hydrogen) atoms. The van der Waals surface area contributed by atoms with Crippen molar-refractivity contribution in [2.24, 2.45) is 0 Å². The largest absolute Gasteiger partial charge is 0.507 e. The maximum Gasteiger partial charge on any atom is 0.127 e. The van der Waals surface area contributed by atoms with E-state index in [1.54, 1.807) is 6.20 Å². The summed E-state index contributed by atoms with van der Waals surface area (Å²) in [6.07, 6.45) is 1.74. The van der Waals surface area contributed by atoms with Crippen LogP contribution in [-0.4, -0.2) is 36.3 Å². The SMILES string of the molecule is Oc1cc(N2CCNCC2)ccc1-c1ccccn1. The Balaban J connectivity index is 1.89. The van der Waals surface area contributed by atoms with Crippen LogP contribution in [0.25, 0.3) is 11.3 Å². The molecule has 0 amide bonds. The summed E-state index contributed by atoms with van der Waals surface area (Å²) >= 11 is 0. The second-order valence-electron chi connectivity index (χ2n) is 4.65. The van der Waals surface area contributed by atoms with Crippen molar-refractivity contribution < 1.29 is 5.11 Å². The first-order valence-electron chi connectivity index (χ1n) is 6.55. The lowest BCUT2D eigenvalue weighted by Crippen LogP contribution is -2.43. The third-order valence-corrected chi connectivity index (χ3v) is 3.40. The highest BCUT2D eigenvalue weighted by Gasteiger charge is 2.13. The van der Waals surface area contributed by atoms with Gasteiger partial charge in [0.1, 0.15) is 5.75 Å². The standard InChI is InChI=1S/C15H17N3O/c19-15-11-12(18-9-7-16-8-10-18)4-5-13(15)14-3-1-2-6-17-14/h1-6,11,16,19H,7-10H2. The molecule has 98 valence electrons. The van der Waals surface area contributed by atoms with E-state index in [-0.39, 0.29) is 5.75 Å². The molecule has 1 fully saturated rings. The number of aromatic nitrogens is 1. The van der Waals surface area contributed by atoms with E-state index >= 15 is 0 Å². The summed E-state index contributed by atoms with van der Waals surface area (Å²) in [4.78, 5) is 6.54. The number of phenols is 1. The van der Waals surface area contributed by atoms with Gasteiger partial charge in [-0.1, -0.05) is 6.07 Å². The van der Waals surface area contributed by atoms with Gasteiger partial charge in [0.2, 0.25) is 0 Å². The van der Waals surface area contributed by atoms with E-state index in [0.717, 1.165) is 43.1 Å². The Hall–Kier alpha value is -2.07. The number of phenolic OH excluding ortho intramolecular Hbond substituents is 1. The number of pyridine rings is 1. The molecule has 0 bridgehead atoms. The topological polar surface area (TPSA) is 48.4 Å². The zero-order valence-corrected chi connectivity index (χ0v) is 10.7. The van der Waals surface area contributed by atoms with Gasteiger partial charge in [-0.3, -0.25) is 4.98 Å². The van der Waals surface area contributed by atoms with Crippen LogP contribution in [0.15, 0.2) is 42.6 Å². The zero-order valence-electron chi connectivity index (χ0n) is 10.7. The Morgan fingerprint density at radius 2 is 1.95 bits per heavy atom. The number of aromatic hydroxyl groups is 1. The van der Waals surface area contributed by atoms with Gasteiger partial charge < -0.3 is 15.3 Å². The predicted octanol–water partition coefficient (Wildman–Crippen LogP) is 1.86. The number of nitrogens with zero attached hydrogens (tertiary/aromatic N) is 2. The van der Waals surface area contributed by atoms with Crippen molar-refractivity contribution in [3.63, 3.8) is 0 Å². The van der Waals surface area contributed by atoms with Crippen LogP contribution in [0.5, 0.6) is 5.75 Å². The van der Waals surface area contributed by atoms with Crippen LogP contribution in [0.3, 0.4) is 0 Å². The van der Waals surface area contributed by atoms with Crippen molar-refractivity contribution in [3.8, 4) is 17.0 Å². The molecule has 1 aromatic carbocycles. The van der Waals surface area contributed by atoms with Crippen LogP contribution < -0.4 is 10.2 Å². The maximum atomic E-state index is 10.2. The van der Waals surface area contributed by atoms with Gasteiger partial charge in [0.15, 0.2) is 0 Å². The Morgan fingerprint density at radius 1 is 1.11 bits per heavy atom. The van der Waals surface area contributed by atoms with Crippen LogP contribution in [0.4, 0.5) is 5.69 Å². The first kappa shape index (κ1) is 12.0. The summed E-state index contributed by atoms with van der Waals surface area (Å²) in [7, 11) is 0. The molecular weight excluding hydrogens is 238 g/mol. The summed E-state index contributed by atoms with van der Waals surface area (Å²) in [5.74, 6) is 0.287. The number of benzene rings is 1. The highest BCUT2D eigenvalue weighted by atomic mass is 16.3. The van der Waals surface area contributed by atoms with Crippen molar-refractivity contribution in [3.05, 3.63) is 42.6 Å². The molecule has 4 heteroatoms. The minimum atomic E-state index is 0.287. The number of rotatable bonds is 2. The van der Waals surface area contributed by atoms with E-state index in [2.05, 4.69) is 21.3 Å². The second kappa shape index (κ2) is 5.28. The normalized spacial score (nSPS) is 15.5. The third kappa shape index (κ3) is 2.53. The Morgan fingerprint density at radius 3 is 2.63 bits per heavy atom. The number of anilines is 1. The van der Waals surface area contributed by atoms with Crippen LogP contribution in [-0.2, 0) is 0 Å². The van der Waals surface area contributed by atoms with Crippen LogP contribution >= 0.6 is 0 Å².